The largest absolute Gasteiger partial charge is 0.481 e. The van der Waals surface area contributed by atoms with Crippen LogP contribution in [-0.4, -0.2) is 60.8 Å². The summed E-state index contributed by atoms with van der Waals surface area (Å²) in [4.78, 5) is 19.8. The summed E-state index contributed by atoms with van der Waals surface area (Å²) in [5.41, 5.74) is 0. The summed E-state index contributed by atoms with van der Waals surface area (Å²) in [6.45, 7) is 3.26. The lowest BCUT2D eigenvalue weighted by molar-refractivity contribution is -0.139. The highest BCUT2D eigenvalue weighted by atomic mass is 16.6. The van der Waals surface area contributed by atoms with Gasteiger partial charge >= 0.3 is 11.9 Å². The first-order valence-electron chi connectivity index (χ1n) is 6.32. The zero-order valence-corrected chi connectivity index (χ0v) is 10.7. The molecule has 2 aliphatic rings. The molecule has 2 unspecified atom stereocenters. The van der Waals surface area contributed by atoms with Gasteiger partial charge in [0, 0.05) is 12.8 Å². The molecule has 7 heteroatoms. The van der Waals surface area contributed by atoms with Crippen LogP contribution in [0.5, 0.6) is 0 Å². The molecule has 0 aromatic rings. The van der Waals surface area contributed by atoms with Gasteiger partial charge in [0.15, 0.2) is 0 Å². The summed E-state index contributed by atoms with van der Waals surface area (Å²) >= 11 is 0. The summed E-state index contributed by atoms with van der Waals surface area (Å²) in [7, 11) is 0. The Balaban J connectivity index is 0.000000190. The van der Waals surface area contributed by atoms with E-state index in [1.807, 2.05) is 0 Å². The molecule has 2 rings (SSSR count). The third-order valence-corrected chi connectivity index (χ3v) is 2.44. The molecule has 2 N–H and O–H groups in total. The molecule has 0 aromatic carbocycles. The van der Waals surface area contributed by atoms with Crippen molar-refractivity contribution < 1.29 is 34.0 Å². The Labute approximate surface area is 111 Å². The van der Waals surface area contributed by atoms with Gasteiger partial charge in [0.2, 0.25) is 0 Å². The summed E-state index contributed by atoms with van der Waals surface area (Å²) in [5.74, 6) is -1.74. The second kappa shape index (κ2) is 8.84. The van der Waals surface area contributed by atoms with Crippen LogP contribution in [0.15, 0.2) is 0 Å². The predicted molar refractivity (Wildman–Crippen MR) is 64.0 cm³/mol. The average molecular weight is 276 g/mol. The molecule has 110 valence electrons. The number of carbonyl (C=O) groups is 2. The van der Waals surface area contributed by atoms with E-state index in [-0.39, 0.29) is 12.8 Å². The van der Waals surface area contributed by atoms with Crippen molar-refractivity contribution in [3.05, 3.63) is 0 Å². The van der Waals surface area contributed by atoms with Gasteiger partial charge in [0.1, 0.15) is 12.2 Å². The van der Waals surface area contributed by atoms with Crippen LogP contribution < -0.4 is 0 Å². The van der Waals surface area contributed by atoms with Crippen molar-refractivity contribution in [1.29, 1.82) is 0 Å². The van der Waals surface area contributed by atoms with Crippen molar-refractivity contribution in [3.63, 3.8) is 0 Å². The van der Waals surface area contributed by atoms with Crippen molar-refractivity contribution in [1.82, 2.24) is 0 Å². The van der Waals surface area contributed by atoms with Gasteiger partial charge in [-0.3, -0.25) is 9.59 Å². The molecule has 2 aliphatic heterocycles. The van der Waals surface area contributed by atoms with Gasteiger partial charge in [-0.2, -0.15) is 0 Å². The van der Waals surface area contributed by atoms with E-state index in [1.165, 1.54) is 0 Å². The fourth-order valence-electron chi connectivity index (χ4n) is 1.21. The second-order valence-corrected chi connectivity index (χ2v) is 4.44. The van der Waals surface area contributed by atoms with Crippen LogP contribution >= 0.6 is 0 Å². The maximum Gasteiger partial charge on any atom is 0.303 e. The maximum atomic E-state index is 9.90. The van der Waals surface area contributed by atoms with Crippen LogP contribution in [-0.2, 0) is 23.8 Å². The Morgan fingerprint density at radius 2 is 1.32 bits per heavy atom. The Morgan fingerprint density at radius 1 is 0.947 bits per heavy atom. The third-order valence-electron chi connectivity index (χ3n) is 2.44. The molecule has 0 bridgehead atoms. The average Bonchev–Trinajstić information content (AvgIpc) is 3.18. The predicted octanol–water partition coefficient (Wildman–Crippen LogP) is 0.517. The second-order valence-electron chi connectivity index (χ2n) is 4.44. The van der Waals surface area contributed by atoms with Gasteiger partial charge in [-0.25, -0.2) is 0 Å². The lowest BCUT2D eigenvalue weighted by atomic mass is 10.2. The molecular formula is C12H20O7. The fourth-order valence-corrected chi connectivity index (χ4v) is 1.21. The van der Waals surface area contributed by atoms with E-state index in [0.29, 0.717) is 25.0 Å². The minimum Gasteiger partial charge on any atom is -0.481 e. The summed E-state index contributed by atoms with van der Waals surface area (Å²) in [6, 6.07) is 0. The summed E-state index contributed by atoms with van der Waals surface area (Å²) in [5, 5.41) is 16.3. The molecule has 2 atom stereocenters. The molecule has 2 fully saturated rings. The van der Waals surface area contributed by atoms with Gasteiger partial charge in [0.05, 0.1) is 26.4 Å². The highest BCUT2D eigenvalue weighted by Crippen LogP contribution is 2.12. The van der Waals surface area contributed by atoms with Crippen LogP contribution in [0.25, 0.3) is 0 Å². The molecule has 0 amide bonds. The molecule has 2 saturated heterocycles. The number of hydrogen-bond acceptors (Lipinski definition) is 5. The Bertz CT molecular complexity index is 256. The molecule has 19 heavy (non-hydrogen) atoms. The van der Waals surface area contributed by atoms with Gasteiger partial charge in [-0.1, -0.05) is 0 Å². The first kappa shape index (κ1) is 15.9. The van der Waals surface area contributed by atoms with Crippen LogP contribution in [0, 0.1) is 0 Å². The molecule has 0 aliphatic carbocycles. The molecule has 0 saturated carbocycles. The number of ether oxygens (including phenoxy) is 3. The molecule has 0 radical (unpaired) electrons. The standard InChI is InChI=1S/C6H10O4.C6H10O3/c7-5(8)3-1-2-4-6(9)10;1(5-3-8-5)7-2-6-4-9-6/h1-4H2,(H,7,8)(H,9,10);5-6H,1-4H2. The van der Waals surface area contributed by atoms with E-state index in [1.54, 1.807) is 0 Å². The number of carboxylic acids is 2. The van der Waals surface area contributed by atoms with Gasteiger partial charge in [-0.05, 0) is 12.8 Å². The van der Waals surface area contributed by atoms with Gasteiger partial charge in [0.25, 0.3) is 0 Å². The Kier molecular flexibility index (Phi) is 7.39. The van der Waals surface area contributed by atoms with Crippen LogP contribution in [0.4, 0.5) is 0 Å². The summed E-state index contributed by atoms with van der Waals surface area (Å²) in [6.07, 6.45) is 1.80. The number of unbranched alkanes of at least 4 members (excludes halogenated alkanes) is 1. The molecule has 2 heterocycles. The van der Waals surface area contributed by atoms with Gasteiger partial charge in [-0.15, -0.1) is 0 Å². The lowest BCUT2D eigenvalue weighted by Gasteiger charge is -1.95. The van der Waals surface area contributed by atoms with Crippen molar-refractivity contribution in [2.24, 2.45) is 0 Å². The molecular weight excluding hydrogens is 256 g/mol. The summed E-state index contributed by atoms with van der Waals surface area (Å²) < 4.78 is 15.1. The van der Waals surface area contributed by atoms with Crippen molar-refractivity contribution in [3.8, 4) is 0 Å². The van der Waals surface area contributed by atoms with Crippen LogP contribution in [0.2, 0.25) is 0 Å². The maximum absolute atomic E-state index is 9.90. The number of aliphatic carboxylic acids is 2. The van der Waals surface area contributed by atoms with Crippen molar-refractivity contribution in [2.45, 2.75) is 37.9 Å². The van der Waals surface area contributed by atoms with Crippen molar-refractivity contribution >= 4 is 11.9 Å². The van der Waals surface area contributed by atoms with Crippen LogP contribution in [0.1, 0.15) is 25.7 Å². The Hall–Kier alpha value is -1.18. The first-order valence-corrected chi connectivity index (χ1v) is 6.32. The Morgan fingerprint density at radius 3 is 1.58 bits per heavy atom. The number of epoxide rings is 2. The topological polar surface area (TPSA) is 109 Å². The quantitative estimate of drug-likeness (QED) is 0.466. The van der Waals surface area contributed by atoms with E-state index in [2.05, 4.69) is 0 Å². The van der Waals surface area contributed by atoms with E-state index in [9.17, 15) is 9.59 Å². The smallest absolute Gasteiger partial charge is 0.303 e. The minimum atomic E-state index is -0.870. The number of hydrogen-bond donors (Lipinski definition) is 2. The lowest BCUT2D eigenvalue weighted by Crippen LogP contribution is -2.06. The minimum absolute atomic E-state index is 0.0628. The number of rotatable bonds is 9. The molecule has 0 spiro atoms. The number of carboxylic acid groups (broad SMARTS) is 2. The zero-order valence-electron chi connectivity index (χ0n) is 10.7. The highest BCUT2D eigenvalue weighted by molar-refractivity contribution is 5.67. The third kappa shape index (κ3) is 11.6. The normalized spacial score (nSPS) is 23.2. The van der Waals surface area contributed by atoms with E-state index in [0.717, 1.165) is 26.4 Å². The SMILES string of the molecule is C(OCC1CO1)C1CO1.O=C(O)CCCCC(=O)O. The van der Waals surface area contributed by atoms with E-state index < -0.39 is 11.9 Å². The highest BCUT2D eigenvalue weighted by Gasteiger charge is 2.26. The fraction of sp³-hybridized carbons (Fsp3) is 0.833. The van der Waals surface area contributed by atoms with Crippen molar-refractivity contribution in [2.75, 3.05) is 26.4 Å². The monoisotopic (exact) mass is 276 g/mol. The van der Waals surface area contributed by atoms with Gasteiger partial charge < -0.3 is 24.4 Å². The van der Waals surface area contributed by atoms with E-state index in [4.69, 9.17) is 24.4 Å². The zero-order chi connectivity index (χ0) is 14.1. The molecule has 7 nitrogen and oxygen atoms in total. The van der Waals surface area contributed by atoms with E-state index >= 15 is 0 Å². The molecule has 0 aromatic heterocycles. The van der Waals surface area contributed by atoms with Crippen LogP contribution in [0.3, 0.4) is 0 Å². The first-order chi connectivity index (χ1) is 9.08.